The molecule has 0 radical (unpaired) electrons. The van der Waals surface area contributed by atoms with Crippen LogP contribution in [0.1, 0.15) is 31.2 Å². The lowest BCUT2D eigenvalue weighted by Crippen LogP contribution is -2.40. The van der Waals surface area contributed by atoms with E-state index in [1.165, 1.54) is 4.57 Å². The van der Waals surface area contributed by atoms with Crippen molar-refractivity contribution in [3.05, 3.63) is 56.5 Å². The topological polar surface area (TPSA) is 128 Å². The minimum atomic E-state index is -3.64. The molecule has 2 aromatic heterocycles. The zero-order chi connectivity index (χ0) is 24.7. The smallest absolute Gasteiger partial charge is 0.333 e. The lowest BCUT2D eigenvalue weighted by molar-refractivity contribution is 0.272. The first-order chi connectivity index (χ1) is 16.3. The number of nitrogens with zero attached hydrogens (tertiary/aromatic N) is 3. The maximum absolute atomic E-state index is 13.0. The van der Waals surface area contributed by atoms with Crippen molar-refractivity contribution in [1.82, 2.24) is 19.1 Å². The molecule has 0 aliphatic heterocycles. The SMILES string of the molecule is C#CCn1c(=O)c2[nH]c(CCc3cccc(OC)c3)nc2n(CCCCP(=O)(O)OCC)c1=O. The van der Waals surface area contributed by atoms with Crippen molar-refractivity contribution >= 4 is 18.8 Å². The summed E-state index contributed by atoms with van der Waals surface area (Å²) in [5.74, 6) is 3.66. The number of aryl methyl sites for hydroxylation is 3. The fourth-order valence-corrected chi connectivity index (χ4v) is 4.86. The minimum absolute atomic E-state index is 0.0188. The van der Waals surface area contributed by atoms with Gasteiger partial charge in [-0.1, -0.05) is 18.1 Å². The van der Waals surface area contributed by atoms with Crippen LogP contribution in [0.2, 0.25) is 0 Å². The molecule has 3 rings (SSSR count). The minimum Gasteiger partial charge on any atom is -0.497 e. The van der Waals surface area contributed by atoms with Crippen molar-refractivity contribution in [1.29, 1.82) is 0 Å². The number of ether oxygens (including phenoxy) is 1. The third-order valence-electron chi connectivity index (χ3n) is 5.35. The summed E-state index contributed by atoms with van der Waals surface area (Å²) in [6.07, 6.45) is 7.31. The Morgan fingerprint density at radius 2 is 2.03 bits per heavy atom. The first-order valence-electron chi connectivity index (χ1n) is 11.0. The molecule has 2 N–H and O–H groups in total. The third kappa shape index (κ3) is 6.06. The molecule has 0 aliphatic carbocycles. The van der Waals surface area contributed by atoms with E-state index in [1.54, 1.807) is 14.0 Å². The fourth-order valence-electron chi connectivity index (χ4n) is 3.70. The number of aromatic amines is 1. The second-order valence-corrected chi connectivity index (χ2v) is 9.73. The molecule has 0 fully saturated rings. The van der Waals surface area contributed by atoms with Gasteiger partial charge >= 0.3 is 13.3 Å². The molecule has 0 spiro atoms. The number of methoxy groups -OCH3 is 1. The van der Waals surface area contributed by atoms with Gasteiger partial charge in [-0.15, -0.1) is 6.42 Å². The number of hydrogen-bond acceptors (Lipinski definition) is 6. The number of nitrogens with one attached hydrogen (secondary N) is 1. The van der Waals surface area contributed by atoms with E-state index in [0.717, 1.165) is 15.9 Å². The Balaban J connectivity index is 1.86. The summed E-state index contributed by atoms with van der Waals surface area (Å²) in [5.41, 5.74) is 0.423. The Bertz CT molecular complexity index is 1350. The molecule has 1 unspecified atom stereocenters. The van der Waals surface area contributed by atoms with Crippen molar-refractivity contribution in [3.8, 4) is 18.1 Å². The number of H-pyrrole nitrogens is 1. The van der Waals surface area contributed by atoms with E-state index in [4.69, 9.17) is 15.7 Å². The predicted octanol–water partition coefficient (Wildman–Crippen LogP) is 2.32. The van der Waals surface area contributed by atoms with Gasteiger partial charge in [0.15, 0.2) is 5.65 Å². The number of unbranched alkanes of at least 4 members (excludes halogenated alkanes) is 1. The van der Waals surface area contributed by atoms with Gasteiger partial charge in [-0.25, -0.2) is 14.3 Å². The van der Waals surface area contributed by atoms with Crippen molar-refractivity contribution in [2.45, 2.75) is 45.7 Å². The molecule has 0 saturated heterocycles. The second-order valence-electron chi connectivity index (χ2n) is 7.75. The predicted molar refractivity (Wildman–Crippen MR) is 129 cm³/mol. The van der Waals surface area contributed by atoms with Gasteiger partial charge in [0, 0.05) is 13.0 Å². The first kappa shape index (κ1) is 25.5. The van der Waals surface area contributed by atoms with E-state index in [-0.39, 0.29) is 37.0 Å². The van der Waals surface area contributed by atoms with Crippen LogP contribution in [0.25, 0.3) is 11.2 Å². The summed E-state index contributed by atoms with van der Waals surface area (Å²) in [6.45, 7) is 1.85. The lowest BCUT2D eigenvalue weighted by Gasteiger charge is -2.12. The van der Waals surface area contributed by atoms with E-state index in [2.05, 4.69) is 15.9 Å². The normalized spacial score (nSPS) is 13.0. The molecule has 182 valence electrons. The highest BCUT2D eigenvalue weighted by Crippen LogP contribution is 2.42. The van der Waals surface area contributed by atoms with Gasteiger partial charge in [0.2, 0.25) is 0 Å². The zero-order valence-electron chi connectivity index (χ0n) is 19.3. The van der Waals surface area contributed by atoms with Gasteiger partial charge in [0.1, 0.15) is 17.1 Å². The molecule has 0 bridgehead atoms. The molecule has 0 amide bonds. The summed E-state index contributed by atoms with van der Waals surface area (Å²) in [6, 6.07) is 7.67. The number of aromatic nitrogens is 4. The van der Waals surface area contributed by atoms with Crippen molar-refractivity contribution < 1.29 is 18.7 Å². The molecule has 0 saturated carbocycles. The van der Waals surface area contributed by atoms with Gasteiger partial charge in [0.25, 0.3) is 5.56 Å². The van der Waals surface area contributed by atoms with Crippen LogP contribution in [0.5, 0.6) is 5.75 Å². The van der Waals surface area contributed by atoms with Crippen LogP contribution in [0, 0.1) is 12.3 Å². The van der Waals surface area contributed by atoms with E-state index in [9.17, 15) is 19.0 Å². The molecule has 34 heavy (non-hydrogen) atoms. The van der Waals surface area contributed by atoms with Gasteiger partial charge in [-0.3, -0.25) is 13.9 Å². The molecule has 0 aliphatic rings. The Morgan fingerprint density at radius 3 is 2.74 bits per heavy atom. The number of imidazole rings is 1. The van der Waals surface area contributed by atoms with E-state index >= 15 is 0 Å². The van der Waals surface area contributed by atoms with Crippen LogP contribution in [-0.4, -0.2) is 43.9 Å². The van der Waals surface area contributed by atoms with Crippen LogP contribution in [-0.2, 0) is 35.0 Å². The van der Waals surface area contributed by atoms with Crippen LogP contribution >= 0.6 is 7.60 Å². The van der Waals surface area contributed by atoms with Gasteiger partial charge < -0.3 is 19.1 Å². The molecule has 3 aromatic rings. The Labute approximate surface area is 197 Å². The molecule has 1 aromatic carbocycles. The highest BCUT2D eigenvalue weighted by molar-refractivity contribution is 7.52. The fraction of sp³-hybridized carbons (Fsp3) is 0.435. The Hall–Kier alpha value is -3.12. The van der Waals surface area contributed by atoms with Crippen molar-refractivity contribution in [2.24, 2.45) is 0 Å². The largest absolute Gasteiger partial charge is 0.497 e. The van der Waals surface area contributed by atoms with Gasteiger partial charge in [-0.2, -0.15) is 0 Å². The van der Waals surface area contributed by atoms with Gasteiger partial charge in [0.05, 0.1) is 26.4 Å². The number of terminal acetylenes is 1. The highest BCUT2D eigenvalue weighted by Gasteiger charge is 2.19. The highest BCUT2D eigenvalue weighted by atomic mass is 31.2. The maximum atomic E-state index is 13.0. The number of benzene rings is 1. The summed E-state index contributed by atoms with van der Waals surface area (Å²) < 4.78 is 24.4. The summed E-state index contributed by atoms with van der Waals surface area (Å²) in [4.78, 5) is 43.2. The molecule has 10 nitrogen and oxygen atoms in total. The number of hydrogen-bond donors (Lipinski definition) is 2. The quantitative estimate of drug-likeness (QED) is 0.227. The Kier molecular flexibility index (Phi) is 8.51. The van der Waals surface area contributed by atoms with Crippen LogP contribution < -0.4 is 16.0 Å². The zero-order valence-corrected chi connectivity index (χ0v) is 20.2. The molecule has 1 atom stereocenters. The van der Waals surface area contributed by atoms with Crippen molar-refractivity contribution in [3.63, 3.8) is 0 Å². The monoisotopic (exact) mass is 488 g/mol. The molecular weight excluding hydrogens is 459 g/mol. The summed E-state index contributed by atoms with van der Waals surface area (Å²) in [5, 5.41) is 0. The Morgan fingerprint density at radius 1 is 1.24 bits per heavy atom. The number of rotatable bonds is 12. The number of fused-ring (bicyclic) bond motifs is 1. The van der Waals surface area contributed by atoms with Crippen LogP contribution in [0.15, 0.2) is 33.9 Å². The van der Waals surface area contributed by atoms with E-state index in [1.807, 2.05) is 24.3 Å². The lowest BCUT2D eigenvalue weighted by atomic mass is 10.1. The van der Waals surface area contributed by atoms with Crippen LogP contribution in [0.3, 0.4) is 0 Å². The van der Waals surface area contributed by atoms with Crippen LogP contribution in [0.4, 0.5) is 0 Å². The molecular formula is C23H29N4O6P. The van der Waals surface area contributed by atoms with E-state index in [0.29, 0.717) is 31.5 Å². The summed E-state index contributed by atoms with van der Waals surface area (Å²) in [7, 11) is -2.04. The molecule has 2 heterocycles. The van der Waals surface area contributed by atoms with Gasteiger partial charge in [-0.05, 0) is 43.9 Å². The third-order valence-corrected chi connectivity index (χ3v) is 6.89. The first-order valence-corrected chi connectivity index (χ1v) is 12.8. The summed E-state index contributed by atoms with van der Waals surface area (Å²) >= 11 is 0. The molecule has 11 heteroatoms. The second kappa shape index (κ2) is 11.3. The average molecular weight is 488 g/mol. The average Bonchev–Trinajstić information content (AvgIpc) is 3.24. The van der Waals surface area contributed by atoms with E-state index < -0.39 is 18.8 Å². The maximum Gasteiger partial charge on any atom is 0.333 e. The standard InChI is InChI=1S/C23H29N4O6P/c1-4-13-27-22(28)20-21(26(23(27)29)14-6-7-15-34(30,31)33-5-2)25-19(24-20)12-11-17-9-8-10-18(16-17)32-3/h1,8-10,16H,5-7,11-15H2,2-3H3,(H,24,25)(H,30,31). The van der Waals surface area contributed by atoms with Crippen molar-refractivity contribution in [2.75, 3.05) is 19.9 Å².